The first-order chi connectivity index (χ1) is 12.1. The van der Waals surface area contributed by atoms with E-state index in [1.807, 2.05) is 38.4 Å². The Labute approximate surface area is 172 Å². The molecule has 0 radical (unpaired) electrons. The molecule has 0 spiro atoms. The number of fused-ring (bicyclic) bond motifs is 1. The van der Waals surface area contributed by atoms with Crippen molar-refractivity contribution >= 4 is 36.4 Å². The molecule has 7 nitrogen and oxygen atoms in total. The number of nitrogens with zero attached hydrogens (tertiary/aromatic N) is 2. The summed E-state index contributed by atoms with van der Waals surface area (Å²) in [5.41, 5.74) is 3.16. The summed E-state index contributed by atoms with van der Waals surface area (Å²) in [7, 11) is 4.08. The van der Waals surface area contributed by atoms with E-state index >= 15 is 0 Å². The second kappa shape index (κ2) is 11.1. The van der Waals surface area contributed by atoms with Gasteiger partial charge in [0, 0.05) is 49.1 Å². The summed E-state index contributed by atoms with van der Waals surface area (Å²) < 4.78 is 5.75. The van der Waals surface area contributed by atoms with Gasteiger partial charge in [0.15, 0.2) is 5.69 Å². The zero-order valence-electron chi connectivity index (χ0n) is 15.6. The van der Waals surface area contributed by atoms with Crippen molar-refractivity contribution in [2.75, 3.05) is 39.1 Å². The number of carbonyl (C=O) groups is 1. The average Bonchev–Trinajstić information content (AvgIpc) is 3.03. The normalized spacial score (nSPS) is 12.6. The molecule has 9 heteroatoms. The monoisotopic (exact) mass is 415 g/mol. The van der Waals surface area contributed by atoms with E-state index in [-0.39, 0.29) is 30.7 Å². The van der Waals surface area contributed by atoms with Crippen LogP contribution in [-0.4, -0.2) is 54.8 Å². The van der Waals surface area contributed by atoms with Crippen molar-refractivity contribution in [1.29, 1.82) is 0 Å². The van der Waals surface area contributed by atoms with Crippen molar-refractivity contribution in [2.24, 2.45) is 0 Å². The molecular weight excluding hydrogens is 389 g/mol. The lowest BCUT2D eigenvalue weighted by atomic mass is 10.1. The molecule has 0 unspecified atom stereocenters. The van der Waals surface area contributed by atoms with Gasteiger partial charge in [-0.3, -0.25) is 9.89 Å². The fourth-order valence-corrected chi connectivity index (χ4v) is 2.84. The third-order valence-electron chi connectivity index (χ3n) is 4.13. The molecule has 1 amide bonds. The van der Waals surface area contributed by atoms with E-state index in [1.54, 1.807) is 0 Å². The summed E-state index contributed by atoms with van der Waals surface area (Å²) in [6.07, 6.45) is 1.82. The Kier molecular flexibility index (Phi) is 9.59. The summed E-state index contributed by atoms with van der Waals surface area (Å²) in [4.78, 5) is 14.7. The maximum Gasteiger partial charge on any atom is 0.276 e. The molecule has 27 heavy (non-hydrogen) atoms. The Morgan fingerprint density at radius 3 is 2.93 bits per heavy atom. The van der Waals surface area contributed by atoms with Crippen LogP contribution in [0.25, 0.3) is 0 Å². The summed E-state index contributed by atoms with van der Waals surface area (Å²) in [6, 6.07) is 7.46. The van der Waals surface area contributed by atoms with E-state index in [0.717, 1.165) is 42.9 Å². The van der Waals surface area contributed by atoms with Gasteiger partial charge in [0.05, 0.1) is 6.61 Å². The van der Waals surface area contributed by atoms with E-state index in [9.17, 15) is 4.79 Å². The quantitative estimate of drug-likeness (QED) is 0.605. The molecule has 0 bridgehead atoms. The van der Waals surface area contributed by atoms with E-state index in [4.69, 9.17) is 4.74 Å². The Morgan fingerprint density at radius 2 is 2.15 bits per heavy atom. The van der Waals surface area contributed by atoms with Gasteiger partial charge in [-0.05, 0) is 32.6 Å². The molecule has 0 saturated carbocycles. The van der Waals surface area contributed by atoms with E-state index in [0.29, 0.717) is 24.5 Å². The molecule has 0 aliphatic carbocycles. The minimum atomic E-state index is -0.203. The van der Waals surface area contributed by atoms with Gasteiger partial charge in [0.2, 0.25) is 0 Å². The van der Waals surface area contributed by atoms with Crippen molar-refractivity contribution < 1.29 is 9.53 Å². The SMILES string of the molecule is CN(C)CCCOc1cccc(NC(=O)c2n[nH]c3c2CNCC3)c1.Cl.Cl. The fourth-order valence-electron chi connectivity index (χ4n) is 2.84. The molecule has 0 atom stereocenters. The lowest BCUT2D eigenvalue weighted by Crippen LogP contribution is -2.25. The fraction of sp³-hybridized carbons (Fsp3) is 0.444. The molecule has 1 aromatic carbocycles. The van der Waals surface area contributed by atoms with Crippen LogP contribution < -0.4 is 15.4 Å². The standard InChI is InChI=1S/C18H25N5O2.2ClH/c1-23(2)9-4-10-25-14-6-3-5-13(11-14)20-18(24)17-15-12-19-8-7-16(15)21-22-17;;/h3,5-6,11,19H,4,7-10,12H2,1-2H3,(H,20,24)(H,21,22);2*1H. The highest BCUT2D eigenvalue weighted by Gasteiger charge is 2.21. The van der Waals surface area contributed by atoms with Crippen LogP contribution in [-0.2, 0) is 13.0 Å². The maximum atomic E-state index is 12.5. The highest BCUT2D eigenvalue weighted by molar-refractivity contribution is 6.04. The number of benzene rings is 1. The Bertz CT molecular complexity index is 736. The van der Waals surface area contributed by atoms with Gasteiger partial charge in [-0.15, -0.1) is 24.8 Å². The second-order valence-electron chi connectivity index (χ2n) is 6.44. The van der Waals surface area contributed by atoms with Crippen LogP contribution in [0.1, 0.15) is 28.2 Å². The van der Waals surface area contributed by atoms with Crippen molar-refractivity contribution in [3.63, 3.8) is 0 Å². The highest BCUT2D eigenvalue weighted by atomic mass is 35.5. The summed E-state index contributed by atoms with van der Waals surface area (Å²) in [6.45, 7) is 3.20. The number of rotatable bonds is 7. The van der Waals surface area contributed by atoms with Crippen LogP contribution in [0.15, 0.2) is 24.3 Å². The zero-order chi connectivity index (χ0) is 17.6. The summed E-state index contributed by atoms with van der Waals surface area (Å²) >= 11 is 0. The van der Waals surface area contributed by atoms with E-state index in [1.165, 1.54) is 0 Å². The number of carbonyl (C=O) groups excluding carboxylic acids is 1. The number of anilines is 1. The molecule has 1 aromatic heterocycles. The van der Waals surface area contributed by atoms with Crippen molar-refractivity contribution in [2.45, 2.75) is 19.4 Å². The molecule has 0 saturated heterocycles. The topological polar surface area (TPSA) is 82.3 Å². The minimum absolute atomic E-state index is 0. The van der Waals surface area contributed by atoms with Crippen molar-refractivity contribution in [1.82, 2.24) is 20.4 Å². The van der Waals surface area contributed by atoms with E-state index < -0.39 is 0 Å². The predicted octanol–water partition coefficient (Wildman–Crippen LogP) is 2.48. The van der Waals surface area contributed by atoms with Gasteiger partial charge in [0.1, 0.15) is 5.75 Å². The Hall–Kier alpha value is -1.80. The first-order valence-electron chi connectivity index (χ1n) is 8.59. The number of aromatic amines is 1. The van der Waals surface area contributed by atoms with Gasteiger partial charge in [-0.1, -0.05) is 6.07 Å². The first-order valence-corrected chi connectivity index (χ1v) is 8.59. The van der Waals surface area contributed by atoms with E-state index in [2.05, 4.69) is 25.7 Å². The number of amides is 1. The van der Waals surface area contributed by atoms with Crippen LogP contribution in [0.2, 0.25) is 0 Å². The first kappa shape index (κ1) is 23.2. The number of halogens is 2. The summed E-state index contributed by atoms with van der Waals surface area (Å²) in [5, 5.41) is 13.3. The third-order valence-corrected chi connectivity index (χ3v) is 4.13. The predicted molar refractivity (Wildman–Crippen MR) is 112 cm³/mol. The molecule has 3 rings (SSSR count). The van der Waals surface area contributed by atoms with Crippen LogP contribution >= 0.6 is 24.8 Å². The van der Waals surface area contributed by atoms with Crippen LogP contribution in [0.4, 0.5) is 5.69 Å². The number of nitrogens with one attached hydrogen (secondary N) is 3. The summed E-state index contributed by atoms with van der Waals surface area (Å²) in [5.74, 6) is 0.549. The molecule has 2 aromatic rings. The van der Waals surface area contributed by atoms with Crippen LogP contribution in [0, 0.1) is 0 Å². The number of hydrogen-bond donors (Lipinski definition) is 3. The lowest BCUT2D eigenvalue weighted by molar-refractivity contribution is 0.102. The van der Waals surface area contributed by atoms with Crippen LogP contribution in [0.3, 0.4) is 0 Å². The minimum Gasteiger partial charge on any atom is -0.493 e. The van der Waals surface area contributed by atoms with Gasteiger partial charge < -0.3 is 20.3 Å². The second-order valence-corrected chi connectivity index (χ2v) is 6.44. The molecule has 2 heterocycles. The molecule has 150 valence electrons. The number of H-pyrrole nitrogens is 1. The molecule has 0 fully saturated rings. The average molecular weight is 416 g/mol. The number of ether oxygens (including phenoxy) is 1. The number of aromatic nitrogens is 2. The lowest BCUT2D eigenvalue weighted by Gasteiger charge is -2.13. The Morgan fingerprint density at radius 1 is 1.33 bits per heavy atom. The molecule has 1 aliphatic heterocycles. The molecule has 3 N–H and O–H groups in total. The maximum absolute atomic E-state index is 12.5. The smallest absolute Gasteiger partial charge is 0.276 e. The van der Waals surface area contributed by atoms with Crippen LogP contribution in [0.5, 0.6) is 5.75 Å². The number of hydrogen-bond acceptors (Lipinski definition) is 5. The third kappa shape index (κ3) is 6.39. The van der Waals surface area contributed by atoms with Crippen molar-refractivity contribution in [3.8, 4) is 5.75 Å². The highest BCUT2D eigenvalue weighted by Crippen LogP contribution is 2.20. The van der Waals surface area contributed by atoms with Gasteiger partial charge in [-0.25, -0.2) is 0 Å². The Balaban J connectivity index is 0.00000182. The van der Waals surface area contributed by atoms with Gasteiger partial charge in [0.25, 0.3) is 5.91 Å². The van der Waals surface area contributed by atoms with Gasteiger partial charge in [-0.2, -0.15) is 5.10 Å². The molecular formula is C18H27Cl2N5O2. The largest absolute Gasteiger partial charge is 0.493 e. The molecule has 1 aliphatic rings. The zero-order valence-corrected chi connectivity index (χ0v) is 17.2. The van der Waals surface area contributed by atoms with Gasteiger partial charge >= 0.3 is 0 Å². The van der Waals surface area contributed by atoms with Crippen molar-refractivity contribution in [3.05, 3.63) is 41.2 Å².